The topological polar surface area (TPSA) is 154 Å². The normalized spacial score (nSPS) is 13.3. The van der Waals surface area contributed by atoms with Gasteiger partial charge in [-0.3, -0.25) is 9.59 Å². The fourth-order valence-electron chi connectivity index (χ4n) is 3.19. The number of hydrogen-bond acceptors (Lipinski definition) is 6. The quantitative estimate of drug-likeness (QED) is 0.376. The summed E-state index contributed by atoms with van der Waals surface area (Å²) in [5.41, 5.74) is 6.52. The summed E-state index contributed by atoms with van der Waals surface area (Å²) >= 11 is 1.27. The minimum absolute atomic E-state index is 0.145. The van der Waals surface area contributed by atoms with Crippen LogP contribution in [0.3, 0.4) is 0 Å². The van der Waals surface area contributed by atoms with Gasteiger partial charge in [0, 0.05) is 17.0 Å². The molecule has 0 saturated carbocycles. The number of aromatic nitrogens is 3. The van der Waals surface area contributed by atoms with Crippen molar-refractivity contribution in [3.63, 3.8) is 0 Å². The number of carbonyl (C=O) groups is 2. The lowest BCUT2D eigenvalue weighted by molar-refractivity contribution is -0.139. The highest BCUT2D eigenvalue weighted by Gasteiger charge is 2.23. The standard InChI is InChI=1S/C19H23N5O4S/c1-9(11-8-21-16-15(11)18(26)23-10(2)22-16)13-5-6-14(29-13)17(25)24-12(19(27)28)4-3-7-20/h5-6,8-9,12H,3-4,7,20H2,1-2H3,(H,24,25)(H,27,28)(H2,21,22,23,26). The molecule has 0 bridgehead atoms. The van der Waals surface area contributed by atoms with E-state index in [-0.39, 0.29) is 17.9 Å². The third-order valence-electron chi connectivity index (χ3n) is 4.74. The second-order valence-corrected chi connectivity index (χ2v) is 7.95. The van der Waals surface area contributed by atoms with Crippen molar-refractivity contribution in [1.29, 1.82) is 0 Å². The molecule has 0 spiro atoms. The molecule has 0 aromatic carbocycles. The fourth-order valence-corrected chi connectivity index (χ4v) is 4.17. The number of rotatable bonds is 8. The summed E-state index contributed by atoms with van der Waals surface area (Å²) in [5, 5.41) is 12.3. The van der Waals surface area contributed by atoms with Crippen LogP contribution in [0.4, 0.5) is 0 Å². The second-order valence-electron chi connectivity index (χ2n) is 6.84. The first kappa shape index (κ1) is 20.7. The Hall–Kier alpha value is -2.98. The smallest absolute Gasteiger partial charge is 0.326 e. The Kier molecular flexibility index (Phi) is 6.14. The lowest BCUT2D eigenvalue weighted by Crippen LogP contribution is -2.40. The van der Waals surface area contributed by atoms with Gasteiger partial charge < -0.3 is 26.1 Å². The average Bonchev–Trinajstić information content (AvgIpc) is 3.31. The van der Waals surface area contributed by atoms with E-state index in [1.54, 1.807) is 19.2 Å². The number of nitrogens with one attached hydrogen (secondary N) is 3. The Bertz CT molecular complexity index is 1100. The number of fused-ring (bicyclic) bond motifs is 1. The van der Waals surface area contributed by atoms with Crippen LogP contribution in [0.15, 0.2) is 23.1 Å². The van der Waals surface area contributed by atoms with Gasteiger partial charge in [-0.2, -0.15) is 0 Å². The van der Waals surface area contributed by atoms with Gasteiger partial charge in [-0.1, -0.05) is 6.92 Å². The first-order chi connectivity index (χ1) is 13.8. The summed E-state index contributed by atoms with van der Waals surface area (Å²) in [6.45, 7) is 4.02. The van der Waals surface area contributed by atoms with Crippen LogP contribution in [-0.4, -0.2) is 44.5 Å². The summed E-state index contributed by atoms with van der Waals surface area (Å²) in [6.07, 6.45) is 2.53. The van der Waals surface area contributed by atoms with Gasteiger partial charge in [-0.25, -0.2) is 9.78 Å². The molecule has 0 radical (unpaired) electrons. The molecule has 3 aromatic heterocycles. The van der Waals surface area contributed by atoms with Crippen molar-refractivity contribution in [2.45, 2.75) is 38.6 Å². The number of thiophene rings is 1. The first-order valence-corrected chi connectivity index (χ1v) is 10.0. The summed E-state index contributed by atoms with van der Waals surface area (Å²) in [6, 6.07) is 2.50. The highest BCUT2D eigenvalue weighted by Crippen LogP contribution is 2.32. The number of aromatic amines is 2. The number of aliphatic carboxylic acids is 1. The zero-order valence-electron chi connectivity index (χ0n) is 16.1. The Morgan fingerprint density at radius 2 is 2.14 bits per heavy atom. The van der Waals surface area contributed by atoms with Crippen LogP contribution in [0.25, 0.3) is 11.0 Å². The molecule has 0 saturated heterocycles. The monoisotopic (exact) mass is 417 g/mol. The summed E-state index contributed by atoms with van der Waals surface area (Å²) in [4.78, 5) is 47.5. The Labute approximate surface area is 170 Å². The van der Waals surface area contributed by atoms with Crippen molar-refractivity contribution < 1.29 is 14.7 Å². The number of carboxylic acids is 1. The minimum Gasteiger partial charge on any atom is -0.480 e. The SMILES string of the molecule is Cc1nc2[nH]cc(C(C)c3ccc(C(=O)NC(CCCN)C(=O)O)s3)c2c(=O)[nH]1. The number of aryl methyl sites for hydroxylation is 1. The van der Waals surface area contributed by atoms with Gasteiger partial charge in [0.1, 0.15) is 17.5 Å². The number of H-pyrrole nitrogens is 2. The molecule has 6 N–H and O–H groups in total. The van der Waals surface area contributed by atoms with E-state index >= 15 is 0 Å². The molecule has 2 unspecified atom stereocenters. The maximum absolute atomic E-state index is 12.5. The van der Waals surface area contributed by atoms with Crippen LogP contribution in [0.1, 0.15) is 51.6 Å². The predicted octanol–water partition coefficient (Wildman–Crippen LogP) is 1.69. The fraction of sp³-hybridized carbons (Fsp3) is 0.368. The van der Waals surface area contributed by atoms with Gasteiger partial charge in [-0.05, 0) is 44.0 Å². The van der Waals surface area contributed by atoms with Gasteiger partial charge in [0.2, 0.25) is 0 Å². The van der Waals surface area contributed by atoms with Crippen molar-refractivity contribution in [3.8, 4) is 0 Å². The van der Waals surface area contributed by atoms with Crippen LogP contribution in [-0.2, 0) is 4.79 Å². The molecule has 2 atom stereocenters. The van der Waals surface area contributed by atoms with Crippen molar-refractivity contribution >= 4 is 34.2 Å². The summed E-state index contributed by atoms with van der Waals surface area (Å²) < 4.78 is 0. The zero-order chi connectivity index (χ0) is 21.1. The van der Waals surface area contributed by atoms with E-state index in [0.29, 0.717) is 34.7 Å². The minimum atomic E-state index is -1.09. The molecule has 0 aliphatic carbocycles. The number of nitrogens with zero attached hydrogens (tertiary/aromatic N) is 1. The highest BCUT2D eigenvalue weighted by molar-refractivity contribution is 7.14. The van der Waals surface area contributed by atoms with E-state index < -0.39 is 17.9 Å². The van der Waals surface area contributed by atoms with Crippen LogP contribution in [0.5, 0.6) is 0 Å². The molecule has 10 heteroatoms. The number of hydrogen-bond donors (Lipinski definition) is 5. The largest absolute Gasteiger partial charge is 0.480 e. The van der Waals surface area contributed by atoms with E-state index in [2.05, 4.69) is 20.3 Å². The summed E-state index contributed by atoms with van der Waals surface area (Å²) in [5.74, 6) is -1.14. The van der Waals surface area contributed by atoms with Crippen molar-refractivity contribution in [3.05, 3.63) is 49.8 Å². The molecule has 1 amide bonds. The van der Waals surface area contributed by atoms with Crippen molar-refractivity contribution in [1.82, 2.24) is 20.3 Å². The first-order valence-electron chi connectivity index (χ1n) is 9.23. The van der Waals surface area contributed by atoms with Crippen LogP contribution < -0.4 is 16.6 Å². The average molecular weight is 417 g/mol. The molecule has 0 fully saturated rings. The Morgan fingerprint density at radius 3 is 2.83 bits per heavy atom. The van der Waals surface area contributed by atoms with Crippen LogP contribution in [0, 0.1) is 6.92 Å². The summed E-state index contributed by atoms with van der Waals surface area (Å²) in [7, 11) is 0. The zero-order valence-corrected chi connectivity index (χ0v) is 16.9. The maximum Gasteiger partial charge on any atom is 0.326 e. The van der Waals surface area contributed by atoms with Crippen molar-refractivity contribution in [2.24, 2.45) is 5.73 Å². The third-order valence-corrected chi connectivity index (χ3v) is 6.00. The molecule has 3 aromatic rings. The molecule has 3 heterocycles. The number of carbonyl (C=O) groups excluding carboxylic acids is 1. The molecule has 3 rings (SSSR count). The van der Waals surface area contributed by atoms with Gasteiger partial charge in [0.25, 0.3) is 11.5 Å². The van der Waals surface area contributed by atoms with Gasteiger partial charge in [-0.15, -0.1) is 11.3 Å². The Morgan fingerprint density at radius 1 is 1.38 bits per heavy atom. The van der Waals surface area contributed by atoms with E-state index in [9.17, 15) is 19.5 Å². The van der Waals surface area contributed by atoms with Crippen molar-refractivity contribution in [2.75, 3.05) is 6.54 Å². The molecular formula is C19H23N5O4S. The lowest BCUT2D eigenvalue weighted by atomic mass is 10.0. The molecule has 154 valence electrons. The molecule has 0 aliphatic rings. The highest BCUT2D eigenvalue weighted by atomic mass is 32.1. The molecule has 0 aliphatic heterocycles. The second kappa shape index (κ2) is 8.58. The lowest BCUT2D eigenvalue weighted by Gasteiger charge is -2.13. The number of nitrogens with two attached hydrogens (primary N) is 1. The molecule has 29 heavy (non-hydrogen) atoms. The molecular weight excluding hydrogens is 394 g/mol. The van der Waals surface area contributed by atoms with Crippen LogP contribution >= 0.6 is 11.3 Å². The number of amides is 1. The maximum atomic E-state index is 12.5. The molecule has 9 nitrogen and oxygen atoms in total. The van der Waals surface area contributed by atoms with E-state index in [4.69, 9.17) is 5.73 Å². The van der Waals surface area contributed by atoms with Gasteiger partial charge in [0.15, 0.2) is 0 Å². The third kappa shape index (κ3) is 4.38. The predicted molar refractivity (Wildman–Crippen MR) is 110 cm³/mol. The van der Waals surface area contributed by atoms with E-state index in [0.717, 1.165) is 10.4 Å². The Balaban J connectivity index is 1.81. The van der Waals surface area contributed by atoms with Crippen LogP contribution in [0.2, 0.25) is 0 Å². The van der Waals surface area contributed by atoms with E-state index in [1.807, 2.05) is 13.0 Å². The van der Waals surface area contributed by atoms with E-state index in [1.165, 1.54) is 11.3 Å². The number of carboxylic acid groups (broad SMARTS) is 1. The van der Waals surface area contributed by atoms with Gasteiger partial charge >= 0.3 is 5.97 Å². The van der Waals surface area contributed by atoms with Gasteiger partial charge in [0.05, 0.1) is 10.3 Å².